The van der Waals surface area contributed by atoms with Crippen molar-refractivity contribution in [1.82, 2.24) is 5.32 Å². The Kier molecular flexibility index (Phi) is 50.7. The first-order valence-corrected chi connectivity index (χ1v) is 27.6. The minimum absolute atomic E-state index is 0.0623. The lowest BCUT2D eigenvalue weighted by molar-refractivity contribution is -0.148. The van der Waals surface area contributed by atoms with E-state index in [1.807, 2.05) is 6.08 Å². The van der Waals surface area contributed by atoms with Gasteiger partial charge in [-0.15, -0.1) is 0 Å². The Balaban J connectivity index is 4.75. The van der Waals surface area contributed by atoms with Crippen LogP contribution in [0.4, 0.5) is 0 Å². The zero-order chi connectivity index (χ0) is 48.8. The molecule has 0 saturated carbocycles. The van der Waals surface area contributed by atoms with Gasteiger partial charge in [-0.1, -0.05) is 246 Å². The molecule has 1 amide bonds. The van der Waals surface area contributed by atoms with Gasteiger partial charge in [0, 0.05) is 6.42 Å². The van der Waals surface area contributed by atoms with Crippen LogP contribution in [0.2, 0.25) is 0 Å². The number of carbonyl (C=O) groups excluding carboxylic acids is 2. The Morgan fingerprint density at radius 2 is 0.836 bits per heavy atom. The lowest BCUT2D eigenvalue weighted by atomic mass is 10.0. The summed E-state index contributed by atoms with van der Waals surface area (Å²) in [7, 11) is 0. The monoisotopic (exact) mass is 930 g/mol. The van der Waals surface area contributed by atoms with E-state index < -0.39 is 18.2 Å². The van der Waals surface area contributed by atoms with Crippen molar-refractivity contribution in [2.75, 3.05) is 6.61 Å². The van der Waals surface area contributed by atoms with Crippen LogP contribution in [0, 0.1) is 0 Å². The van der Waals surface area contributed by atoms with Crippen LogP contribution < -0.4 is 5.32 Å². The van der Waals surface area contributed by atoms with Gasteiger partial charge in [0.2, 0.25) is 5.91 Å². The topological polar surface area (TPSA) is 95.9 Å². The highest BCUT2D eigenvalue weighted by atomic mass is 16.5. The van der Waals surface area contributed by atoms with Crippen LogP contribution in [0.1, 0.15) is 239 Å². The first-order valence-electron chi connectivity index (χ1n) is 27.6. The van der Waals surface area contributed by atoms with E-state index in [1.165, 1.54) is 89.9 Å². The second kappa shape index (κ2) is 53.5. The number of allylic oxidation sites excluding steroid dienone is 17. The number of nitrogens with one attached hydrogen (secondary N) is 1. The van der Waals surface area contributed by atoms with Crippen molar-refractivity contribution in [2.24, 2.45) is 0 Å². The van der Waals surface area contributed by atoms with E-state index in [1.54, 1.807) is 6.08 Å². The molecule has 0 aromatic rings. The molecule has 3 atom stereocenters. The molecule has 0 aliphatic carbocycles. The summed E-state index contributed by atoms with van der Waals surface area (Å²) in [6.07, 6.45) is 73.3. The van der Waals surface area contributed by atoms with Gasteiger partial charge in [0.1, 0.15) is 6.10 Å². The third kappa shape index (κ3) is 48.8. The lowest BCUT2D eigenvalue weighted by Crippen LogP contribution is -2.46. The van der Waals surface area contributed by atoms with Crippen molar-refractivity contribution < 1.29 is 24.5 Å². The molecule has 382 valence electrons. The summed E-state index contributed by atoms with van der Waals surface area (Å²) in [6.45, 7) is 6.22. The number of hydrogen-bond donors (Lipinski definition) is 3. The summed E-state index contributed by atoms with van der Waals surface area (Å²) < 4.78 is 5.82. The predicted octanol–water partition coefficient (Wildman–Crippen LogP) is 17.1. The van der Waals surface area contributed by atoms with Crippen molar-refractivity contribution in [3.05, 3.63) is 109 Å². The van der Waals surface area contributed by atoms with Gasteiger partial charge in [0.25, 0.3) is 0 Å². The van der Waals surface area contributed by atoms with Crippen LogP contribution in [0.5, 0.6) is 0 Å². The predicted molar refractivity (Wildman–Crippen MR) is 291 cm³/mol. The largest absolute Gasteiger partial charge is 0.458 e. The molecule has 0 aliphatic rings. The van der Waals surface area contributed by atoms with Crippen molar-refractivity contribution in [2.45, 2.75) is 257 Å². The highest BCUT2D eigenvalue weighted by Gasteiger charge is 2.23. The second-order valence-electron chi connectivity index (χ2n) is 18.2. The molecule has 0 heterocycles. The third-order valence-corrected chi connectivity index (χ3v) is 11.8. The highest BCUT2D eigenvalue weighted by Crippen LogP contribution is 2.16. The highest BCUT2D eigenvalue weighted by molar-refractivity contribution is 5.78. The summed E-state index contributed by atoms with van der Waals surface area (Å²) in [4.78, 5) is 26.2. The number of carbonyl (C=O) groups is 2. The van der Waals surface area contributed by atoms with Crippen LogP contribution in [0.25, 0.3) is 0 Å². The molecule has 67 heavy (non-hydrogen) atoms. The van der Waals surface area contributed by atoms with E-state index in [9.17, 15) is 19.8 Å². The van der Waals surface area contributed by atoms with Crippen molar-refractivity contribution >= 4 is 11.9 Å². The standard InChI is InChI=1S/C61H103NO5/c1-4-7-10-13-16-19-22-25-28-30-32-34-37-40-43-46-49-52-57(67-61(66)54-51-48-45-42-39-36-27-24-21-18-15-12-9-6-3)55-60(65)62-58(56-63)59(64)53-50-47-44-41-38-35-33-31-29-26-23-20-17-14-11-8-5-2/h7,9-10,12,16,18-19,21,25,27-28,32,34,36,40,43,49,52,57-59,63-64H,4-6,8,11,13-15,17,20,22-24,26,29-31,33,35,37-39,41-42,44-48,50-51,53-56H2,1-3H3,(H,62,65)/b10-7-,12-9+,19-16-,21-18+,28-25-,34-32-,36-27+,43-40-,52-49-. The van der Waals surface area contributed by atoms with Gasteiger partial charge in [-0.3, -0.25) is 9.59 Å². The SMILES string of the molecule is CC/C=C\C/C=C\C/C=C\C/C=C\C/C=C\C/C=C\C(CC(=O)NC(CO)C(O)CCCCCCCCCCCCCCCCCCC)OC(=O)CCCCCC/C=C/C/C=C/C/C=C/CC. The molecule has 0 fully saturated rings. The van der Waals surface area contributed by atoms with E-state index in [2.05, 4.69) is 123 Å². The molecule has 0 bridgehead atoms. The van der Waals surface area contributed by atoms with Crippen LogP contribution >= 0.6 is 0 Å². The molecule has 0 aromatic heterocycles. The Hall–Kier alpha value is -3.48. The first-order chi connectivity index (χ1) is 33.0. The normalized spacial score (nSPS) is 14.0. The van der Waals surface area contributed by atoms with Crippen molar-refractivity contribution in [3.63, 3.8) is 0 Å². The van der Waals surface area contributed by atoms with Crippen LogP contribution in [0.15, 0.2) is 109 Å². The van der Waals surface area contributed by atoms with E-state index in [4.69, 9.17) is 4.74 Å². The molecular formula is C61H103NO5. The fourth-order valence-electron chi connectivity index (χ4n) is 7.74. The maximum absolute atomic E-state index is 13.2. The van der Waals surface area contributed by atoms with E-state index >= 15 is 0 Å². The van der Waals surface area contributed by atoms with Crippen LogP contribution in [-0.2, 0) is 14.3 Å². The molecule has 0 aromatic carbocycles. The molecule has 6 heteroatoms. The fraction of sp³-hybridized carbons (Fsp3) is 0.672. The molecule has 3 unspecified atom stereocenters. The number of amides is 1. The molecule has 0 rings (SSSR count). The number of aliphatic hydroxyl groups excluding tert-OH is 2. The second-order valence-corrected chi connectivity index (χ2v) is 18.2. The molecule has 6 nitrogen and oxygen atoms in total. The molecule has 0 aliphatic heterocycles. The Bertz CT molecular complexity index is 1370. The lowest BCUT2D eigenvalue weighted by Gasteiger charge is -2.23. The average molecular weight is 930 g/mol. The Morgan fingerprint density at radius 3 is 1.27 bits per heavy atom. The summed E-state index contributed by atoms with van der Waals surface area (Å²) >= 11 is 0. The van der Waals surface area contributed by atoms with Gasteiger partial charge < -0.3 is 20.3 Å². The number of unbranched alkanes of at least 4 members (excludes halogenated alkanes) is 20. The molecule has 0 spiro atoms. The van der Waals surface area contributed by atoms with Gasteiger partial charge in [0.05, 0.1) is 25.2 Å². The summed E-state index contributed by atoms with van der Waals surface area (Å²) in [5, 5.41) is 23.8. The van der Waals surface area contributed by atoms with E-state index in [-0.39, 0.29) is 24.9 Å². The van der Waals surface area contributed by atoms with Gasteiger partial charge in [-0.25, -0.2) is 0 Å². The fourth-order valence-corrected chi connectivity index (χ4v) is 7.74. The third-order valence-electron chi connectivity index (χ3n) is 11.8. The zero-order valence-electron chi connectivity index (χ0n) is 43.5. The van der Waals surface area contributed by atoms with Gasteiger partial charge in [0.15, 0.2) is 0 Å². The number of rotatable bonds is 48. The molecular weight excluding hydrogens is 827 g/mol. The van der Waals surface area contributed by atoms with Gasteiger partial charge in [-0.2, -0.15) is 0 Å². The average Bonchev–Trinajstić information content (AvgIpc) is 3.32. The minimum Gasteiger partial charge on any atom is -0.458 e. The van der Waals surface area contributed by atoms with Gasteiger partial charge >= 0.3 is 5.97 Å². The minimum atomic E-state index is -0.831. The Morgan fingerprint density at radius 1 is 0.463 bits per heavy atom. The first kappa shape index (κ1) is 63.5. The summed E-state index contributed by atoms with van der Waals surface area (Å²) in [5.41, 5.74) is 0. The zero-order valence-corrected chi connectivity index (χ0v) is 43.5. The maximum atomic E-state index is 13.2. The molecule has 0 saturated heterocycles. The van der Waals surface area contributed by atoms with E-state index in [0.29, 0.717) is 19.3 Å². The summed E-state index contributed by atoms with van der Waals surface area (Å²) in [6, 6.07) is -0.755. The molecule has 3 N–H and O–H groups in total. The quantitative estimate of drug-likeness (QED) is 0.0321. The maximum Gasteiger partial charge on any atom is 0.306 e. The molecule has 0 radical (unpaired) electrons. The Labute approximate surface area is 413 Å². The number of esters is 1. The van der Waals surface area contributed by atoms with Crippen LogP contribution in [-0.4, -0.2) is 46.9 Å². The summed E-state index contributed by atoms with van der Waals surface area (Å²) in [5.74, 6) is -0.662. The van der Waals surface area contributed by atoms with Crippen molar-refractivity contribution in [1.29, 1.82) is 0 Å². The van der Waals surface area contributed by atoms with Crippen LogP contribution in [0.3, 0.4) is 0 Å². The number of ether oxygens (including phenoxy) is 1. The number of hydrogen-bond acceptors (Lipinski definition) is 5. The number of aliphatic hydroxyl groups is 2. The smallest absolute Gasteiger partial charge is 0.306 e. The van der Waals surface area contributed by atoms with E-state index in [0.717, 1.165) is 103 Å². The van der Waals surface area contributed by atoms with Crippen molar-refractivity contribution in [3.8, 4) is 0 Å². The van der Waals surface area contributed by atoms with Gasteiger partial charge in [-0.05, 0) is 89.5 Å².